The third-order valence-corrected chi connectivity index (χ3v) is 22.9. The van der Waals surface area contributed by atoms with Crippen molar-refractivity contribution in [1.29, 1.82) is 0 Å². The Morgan fingerprint density at radius 2 is 1.46 bits per heavy atom. The molecular weight excluding hydrogens is 1590 g/mol. The fraction of sp³-hybridized carbons (Fsp3) is 0.582. The van der Waals surface area contributed by atoms with Gasteiger partial charge in [0, 0.05) is 68.7 Å². The number of hydrogen-bond donors (Lipinski definition) is 11. The third kappa shape index (κ3) is 29.1. The van der Waals surface area contributed by atoms with Gasteiger partial charge >= 0.3 is 12.1 Å². The van der Waals surface area contributed by atoms with Crippen LogP contribution in [0.15, 0.2) is 73.3 Å². The lowest BCUT2D eigenvalue weighted by Gasteiger charge is -2.45. The van der Waals surface area contributed by atoms with Crippen LogP contribution in [0.1, 0.15) is 147 Å². The lowest BCUT2D eigenvalue weighted by molar-refractivity contribution is -0.142. The number of phenols is 1. The molecule has 10 atom stereocenters. The van der Waals surface area contributed by atoms with Gasteiger partial charge in [0.05, 0.1) is 42.0 Å². The standard InChI is InChI=1S/C79H112IN13O17S2/c1-46(2)34-59-73(102)85-49(5)44-111-112-45-62(76(105)92-41-48(4)35-64(92)75(104)89-60(71(100)83-40-66(96)86-59)38-54-23-27-65(95)57(80)36-54)90-72(101)58(26-18-50(6)94)88-74(103)61(37-52-19-16-47(3)17-20-52)87-68(98)43-109-33-32-108-31-29-82-67(97)42-93(78(107)110-79(8,9)10)69(56-14-12-11-13-15-56)70(99)63-28-30-91(63)77(106)84-39-53-21-24-55(25-22-53)51(7)81/h16-17,19-25,27,36,46,48-49,56,58-64,69,95H,7,11-15,18,26,28-35,37-45,81H2,1-6,8-10H3,(H,82,97)(H,83,100)(H,84,106)(H,85,102)(H,86,96)(H,87,98)(H,88,103)(H,89,104)(H,90,101)/t48-,49-,58-,59+,60+,61+,62+,63?,64-,69-/m1/s1. The maximum Gasteiger partial charge on any atom is 0.411 e. The third-order valence-electron chi connectivity index (χ3n) is 19.4. The molecule has 4 fully saturated rings. The number of ether oxygens (including phenoxy) is 3. The Morgan fingerprint density at radius 3 is 2.11 bits per heavy atom. The molecule has 4 aliphatic rings. The Labute approximate surface area is 677 Å². The number of nitrogens with zero attached hydrogens (tertiary/aromatic N) is 3. The summed E-state index contributed by atoms with van der Waals surface area (Å²) in [4.78, 5) is 188. The van der Waals surface area contributed by atoms with Gasteiger partial charge in [-0.3, -0.25) is 52.8 Å². The maximum atomic E-state index is 15.2. The van der Waals surface area contributed by atoms with Crippen molar-refractivity contribution in [1.82, 2.24) is 62.6 Å². The van der Waals surface area contributed by atoms with Crippen molar-refractivity contribution in [3.05, 3.63) is 105 Å². The van der Waals surface area contributed by atoms with Crippen molar-refractivity contribution >= 4 is 127 Å². The summed E-state index contributed by atoms with van der Waals surface area (Å²) in [6.45, 7) is 18.2. The second kappa shape index (κ2) is 44.2. The summed E-state index contributed by atoms with van der Waals surface area (Å²) < 4.78 is 17.7. The monoisotopic (exact) mass is 1710 g/mol. The first kappa shape index (κ1) is 90.7. The number of carbonyl (C=O) groups excluding carboxylic acids is 13. The van der Waals surface area contributed by atoms with Crippen LogP contribution in [0.25, 0.3) is 5.70 Å². The Morgan fingerprint density at radius 1 is 0.777 bits per heavy atom. The molecule has 1 saturated carbocycles. The van der Waals surface area contributed by atoms with Crippen LogP contribution < -0.4 is 53.6 Å². The van der Waals surface area contributed by atoms with Gasteiger partial charge in [-0.05, 0) is 155 Å². The molecule has 30 nitrogen and oxygen atoms in total. The predicted octanol–water partition coefficient (Wildman–Crippen LogP) is 5.00. The summed E-state index contributed by atoms with van der Waals surface area (Å²) in [6, 6.07) is 8.76. The first-order chi connectivity index (χ1) is 53.1. The van der Waals surface area contributed by atoms with E-state index in [4.69, 9.17) is 19.9 Å². The summed E-state index contributed by atoms with van der Waals surface area (Å²) in [6.07, 6.45) is 3.24. The van der Waals surface area contributed by atoms with Crippen LogP contribution >= 0.6 is 44.2 Å². The van der Waals surface area contributed by atoms with Crippen molar-refractivity contribution in [2.24, 2.45) is 23.5 Å². The molecule has 614 valence electrons. The topological polar surface area (TPSA) is 414 Å². The van der Waals surface area contributed by atoms with Crippen molar-refractivity contribution in [2.75, 3.05) is 70.7 Å². The number of hydrogen-bond acceptors (Lipinski definition) is 20. The summed E-state index contributed by atoms with van der Waals surface area (Å²) >= 11 is 1.93. The van der Waals surface area contributed by atoms with Gasteiger partial charge in [-0.2, -0.15) is 0 Å². The molecule has 3 saturated heterocycles. The van der Waals surface area contributed by atoms with E-state index in [1.165, 1.54) is 49.3 Å². The quantitative estimate of drug-likeness (QED) is 0.0229. The normalized spacial score (nSPS) is 21.2. The number of benzene rings is 3. The fourth-order valence-corrected chi connectivity index (χ4v) is 16.6. The number of phenolic OH excluding ortho intramolecular Hbond substituents is 1. The summed E-state index contributed by atoms with van der Waals surface area (Å²) in [5.41, 5.74) is 8.94. The first-order valence-corrected chi connectivity index (χ1v) is 41.9. The van der Waals surface area contributed by atoms with Crippen LogP contribution in [-0.2, 0) is 86.3 Å². The summed E-state index contributed by atoms with van der Waals surface area (Å²) in [5, 5.41) is 35.4. The molecule has 1 unspecified atom stereocenters. The summed E-state index contributed by atoms with van der Waals surface area (Å²) in [7, 11) is 2.49. The number of likely N-dealkylation sites (tertiary alicyclic amines) is 1. The molecule has 7 rings (SSSR count). The molecule has 1 aliphatic carbocycles. The number of aromatic hydroxyl groups is 1. The van der Waals surface area contributed by atoms with Gasteiger partial charge in [0.1, 0.15) is 66.5 Å². The van der Waals surface area contributed by atoms with E-state index in [2.05, 4.69) is 54.4 Å². The minimum absolute atomic E-state index is 0.00356. The van der Waals surface area contributed by atoms with Gasteiger partial charge in [0.2, 0.25) is 53.2 Å². The molecule has 3 aromatic carbocycles. The van der Waals surface area contributed by atoms with E-state index in [0.29, 0.717) is 52.0 Å². The van der Waals surface area contributed by atoms with E-state index in [1.807, 2.05) is 74.6 Å². The number of amides is 12. The number of Topliss-reactive ketones (excluding diaryl/α,β-unsaturated/α-hetero) is 2. The van der Waals surface area contributed by atoms with Gasteiger partial charge in [0.15, 0.2) is 5.78 Å². The largest absolute Gasteiger partial charge is 0.507 e. The number of carbonyl (C=O) groups is 13. The number of nitrogens with one attached hydrogen (secondary N) is 9. The van der Waals surface area contributed by atoms with E-state index in [1.54, 1.807) is 64.1 Å². The second-order valence-corrected chi connectivity index (χ2v) is 34.5. The zero-order valence-electron chi connectivity index (χ0n) is 65.5. The SMILES string of the molecule is C=C(N)c1ccc(CNC(=O)N2CCC2C(=O)[C@@H](C2CCCCC2)N(CC(=O)NCCOCCOCC(=O)N[C@@H](Cc2ccc(C)cc2)C(=O)N[C@H](CCC(C)=O)C(=O)N[C@H]2CSSC[C@@H](C)NC(=O)[C@H](CC(C)C)NC(=O)CNC(=O)[C@H](Cc3ccc(O)c(I)c3)NC(=O)[C@H]3C[C@@H](C)CN3C2=O)C(=O)OC(C)(C)C)cc1. The van der Waals surface area contributed by atoms with Crippen molar-refractivity contribution in [3.8, 4) is 5.75 Å². The summed E-state index contributed by atoms with van der Waals surface area (Å²) in [5.74, 6) is -7.18. The van der Waals surface area contributed by atoms with E-state index in [-0.39, 0.29) is 119 Å². The Hall–Kier alpha value is -8.54. The number of halogens is 1. The molecule has 0 aromatic heterocycles. The van der Waals surface area contributed by atoms with E-state index < -0.39 is 145 Å². The highest BCUT2D eigenvalue weighted by Gasteiger charge is 2.48. The maximum absolute atomic E-state index is 15.2. The lowest BCUT2D eigenvalue weighted by atomic mass is 9.78. The predicted molar refractivity (Wildman–Crippen MR) is 433 cm³/mol. The number of ketones is 2. The van der Waals surface area contributed by atoms with Gasteiger partial charge in [0.25, 0.3) is 0 Å². The average Bonchev–Trinajstić information content (AvgIpc) is 0.937. The molecule has 3 heterocycles. The Kier molecular flexibility index (Phi) is 35.8. The van der Waals surface area contributed by atoms with Crippen LogP contribution in [0.3, 0.4) is 0 Å². The first-order valence-electron chi connectivity index (χ1n) is 38.3. The van der Waals surface area contributed by atoms with E-state index >= 15 is 4.79 Å². The molecule has 33 heteroatoms. The molecule has 0 spiro atoms. The number of fused-ring (bicyclic) bond motifs is 1. The molecule has 3 aliphatic heterocycles. The molecule has 12 amide bonds. The van der Waals surface area contributed by atoms with Crippen molar-refractivity contribution in [3.63, 3.8) is 0 Å². The highest BCUT2D eigenvalue weighted by molar-refractivity contribution is 14.1. The molecule has 112 heavy (non-hydrogen) atoms. The van der Waals surface area contributed by atoms with Crippen LogP contribution in [-0.4, -0.2) is 227 Å². The van der Waals surface area contributed by atoms with Crippen LogP contribution in [0.4, 0.5) is 9.59 Å². The zero-order chi connectivity index (χ0) is 81.9. The minimum atomic E-state index is -1.46. The zero-order valence-corrected chi connectivity index (χ0v) is 69.3. The van der Waals surface area contributed by atoms with Crippen molar-refractivity contribution in [2.45, 2.75) is 206 Å². The number of rotatable bonds is 31. The Bertz CT molecular complexity index is 3810. The smallest absolute Gasteiger partial charge is 0.411 e. The fourth-order valence-electron chi connectivity index (χ4n) is 13.5. The van der Waals surface area contributed by atoms with E-state index in [9.17, 15) is 62.6 Å². The highest BCUT2D eigenvalue weighted by Crippen LogP contribution is 2.35. The highest BCUT2D eigenvalue weighted by atomic mass is 127. The van der Waals surface area contributed by atoms with Crippen LogP contribution in [0.5, 0.6) is 5.75 Å². The van der Waals surface area contributed by atoms with Gasteiger partial charge in [-0.25, -0.2) is 9.59 Å². The Balaban J connectivity index is 0.990. The van der Waals surface area contributed by atoms with Crippen LogP contribution in [0, 0.1) is 28.2 Å². The average molecular weight is 1710 g/mol. The van der Waals surface area contributed by atoms with E-state index in [0.717, 1.165) is 36.0 Å². The van der Waals surface area contributed by atoms with Gasteiger partial charge in [-0.1, -0.05) is 128 Å². The minimum Gasteiger partial charge on any atom is -0.507 e. The molecule has 3 aromatic rings. The van der Waals surface area contributed by atoms with Gasteiger partial charge in [-0.15, -0.1) is 0 Å². The number of nitrogens with two attached hydrogens (primary N) is 1. The lowest BCUT2D eigenvalue weighted by Crippen LogP contribution is -2.64. The molecule has 0 bridgehead atoms. The molecule has 0 radical (unpaired) electrons. The van der Waals surface area contributed by atoms with Gasteiger partial charge < -0.3 is 87.5 Å². The molecule has 12 N–H and O–H groups in total. The number of aryl methyl sites for hydroxylation is 1. The molecular formula is C79H112IN13O17S2. The van der Waals surface area contributed by atoms with Crippen molar-refractivity contribution < 1.29 is 81.6 Å². The number of urea groups is 1. The second-order valence-electron chi connectivity index (χ2n) is 30.8. The van der Waals surface area contributed by atoms with Crippen LogP contribution in [0.2, 0.25) is 0 Å².